The Balaban J connectivity index is 1.39. The number of carbonyl (C=O) groups excluding carboxylic acids is 3. The molecule has 2 heterocycles. The second-order valence-corrected chi connectivity index (χ2v) is 11.6. The Morgan fingerprint density at radius 2 is 1.82 bits per heavy atom. The quantitative estimate of drug-likeness (QED) is 0.203. The molecule has 1 unspecified atom stereocenters. The minimum atomic E-state index is -0.912. The smallest absolute Gasteiger partial charge is 0.257 e. The fourth-order valence-corrected chi connectivity index (χ4v) is 6.19. The van der Waals surface area contributed by atoms with E-state index in [0.29, 0.717) is 16.3 Å². The first-order chi connectivity index (χ1) is 18.9. The molecule has 5 rings (SSSR count). The molecule has 1 saturated heterocycles. The number of hydrogen-bond donors (Lipinski definition) is 0. The molecule has 2 aromatic carbocycles. The highest BCUT2D eigenvalue weighted by Crippen LogP contribution is 2.30. The normalized spacial score (nSPS) is 16.9. The van der Waals surface area contributed by atoms with E-state index in [9.17, 15) is 19.6 Å². The SMILES string of the molecule is N#Cc1cc2c(nc1SCC(=O)N(Cc1ccccc1)C1CC(=O)N(c3ccc(Br)cc3)C1=O)CCCCC2. The lowest BCUT2D eigenvalue weighted by atomic mass is 10.1. The zero-order chi connectivity index (χ0) is 27.4. The largest absolute Gasteiger partial charge is 0.325 e. The fourth-order valence-electron chi connectivity index (χ4n) is 5.07. The highest BCUT2D eigenvalue weighted by Gasteiger charge is 2.44. The molecule has 1 aromatic heterocycles. The third-order valence-electron chi connectivity index (χ3n) is 7.07. The molecule has 3 aromatic rings. The van der Waals surface area contributed by atoms with E-state index in [1.807, 2.05) is 36.4 Å². The van der Waals surface area contributed by atoms with Gasteiger partial charge in [0.2, 0.25) is 11.8 Å². The first-order valence-electron chi connectivity index (χ1n) is 13.0. The molecule has 1 aliphatic carbocycles. The van der Waals surface area contributed by atoms with Crippen LogP contribution in [0.1, 0.15) is 48.1 Å². The number of nitriles is 1. The van der Waals surface area contributed by atoms with Crippen molar-refractivity contribution in [3.63, 3.8) is 0 Å². The monoisotopic (exact) mass is 602 g/mol. The fraction of sp³-hybridized carbons (Fsp3) is 0.300. The minimum Gasteiger partial charge on any atom is -0.325 e. The number of pyridine rings is 1. The van der Waals surface area contributed by atoms with Crippen LogP contribution in [0.25, 0.3) is 0 Å². The number of benzene rings is 2. The number of fused-ring (bicyclic) bond motifs is 1. The van der Waals surface area contributed by atoms with Crippen LogP contribution >= 0.6 is 27.7 Å². The minimum absolute atomic E-state index is 0.00353. The number of nitrogens with zero attached hydrogens (tertiary/aromatic N) is 4. The van der Waals surface area contributed by atoms with E-state index in [0.717, 1.165) is 58.3 Å². The van der Waals surface area contributed by atoms with Gasteiger partial charge in [0.25, 0.3) is 5.91 Å². The van der Waals surface area contributed by atoms with Crippen LogP contribution in [-0.2, 0) is 33.8 Å². The van der Waals surface area contributed by atoms with Gasteiger partial charge in [-0.15, -0.1) is 0 Å². The molecule has 1 aliphatic heterocycles. The van der Waals surface area contributed by atoms with Crippen molar-refractivity contribution in [2.45, 2.75) is 56.1 Å². The van der Waals surface area contributed by atoms with E-state index < -0.39 is 11.9 Å². The van der Waals surface area contributed by atoms with Gasteiger partial charge in [0.05, 0.1) is 23.4 Å². The molecule has 198 valence electrons. The van der Waals surface area contributed by atoms with Crippen LogP contribution in [0.2, 0.25) is 0 Å². The lowest BCUT2D eigenvalue weighted by Gasteiger charge is -2.28. The number of anilines is 1. The Labute approximate surface area is 240 Å². The molecule has 0 spiro atoms. The van der Waals surface area contributed by atoms with Crippen LogP contribution in [0.4, 0.5) is 5.69 Å². The van der Waals surface area contributed by atoms with Gasteiger partial charge in [-0.05, 0) is 67.1 Å². The second-order valence-electron chi connectivity index (χ2n) is 9.68. The lowest BCUT2D eigenvalue weighted by molar-refractivity contribution is -0.136. The summed E-state index contributed by atoms with van der Waals surface area (Å²) in [5, 5.41) is 10.3. The van der Waals surface area contributed by atoms with Gasteiger partial charge in [0, 0.05) is 16.7 Å². The molecular formula is C30H27BrN4O3S. The van der Waals surface area contributed by atoms with Crippen LogP contribution < -0.4 is 4.90 Å². The molecular weight excluding hydrogens is 576 g/mol. The second kappa shape index (κ2) is 12.1. The van der Waals surface area contributed by atoms with E-state index >= 15 is 0 Å². The van der Waals surface area contributed by atoms with Crippen molar-refractivity contribution < 1.29 is 14.4 Å². The molecule has 0 N–H and O–H groups in total. The molecule has 2 aliphatic rings. The molecule has 39 heavy (non-hydrogen) atoms. The summed E-state index contributed by atoms with van der Waals surface area (Å²) in [5.41, 5.74) is 3.93. The number of rotatable bonds is 7. The van der Waals surface area contributed by atoms with E-state index in [1.165, 1.54) is 16.7 Å². The summed E-state index contributed by atoms with van der Waals surface area (Å²) in [6.07, 6.45) is 4.99. The average molecular weight is 604 g/mol. The van der Waals surface area contributed by atoms with E-state index in [2.05, 4.69) is 22.0 Å². The standard InChI is InChI=1S/C30H27BrN4O3S/c31-23-11-13-24(14-12-23)35-27(36)16-26(30(35)38)34(18-20-7-3-1-4-8-20)28(37)19-39-29-22(17-32)15-21-9-5-2-6-10-25(21)33-29/h1,3-4,7-8,11-15,26H,2,5-6,9-10,16,18-19H2. The van der Waals surface area contributed by atoms with E-state index in [-0.39, 0.29) is 30.5 Å². The highest BCUT2D eigenvalue weighted by atomic mass is 79.9. The van der Waals surface area contributed by atoms with Gasteiger partial charge >= 0.3 is 0 Å². The number of aryl methyl sites for hydroxylation is 2. The Morgan fingerprint density at radius 1 is 1.08 bits per heavy atom. The molecule has 0 radical (unpaired) electrons. The maximum absolute atomic E-state index is 13.7. The van der Waals surface area contributed by atoms with Crippen LogP contribution in [0, 0.1) is 11.3 Å². The molecule has 1 atom stereocenters. The van der Waals surface area contributed by atoms with Gasteiger partial charge in [0.1, 0.15) is 17.1 Å². The lowest BCUT2D eigenvalue weighted by Crippen LogP contribution is -2.45. The number of thioether (sulfide) groups is 1. The topological polar surface area (TPSA) is 94.4 Å². The van der Waals surface area contributed by atoms with Crippen molar-refractivity contribution in [3.05, 3.63) is 87.5 Å². The first kappa shape index (κ1) is 27.1. The number of hydrogen-bond acceptors (Lipinski definition) is 6. The Bertz CT molecular complexity index is 1440. The summed E-state index contributed by atoms with van der Waals surface area (Å²) >= 11 is 4.60. The van der Waals surface area contributed by atoms with E-state index in [1.54, 1.807) is 24.3 Å². The van der Waals surface area contributed by atoms with Crippen molar-refractivity contribution in [1.82, 2.24) is 9.88 Å². The van der Waals surface area contributed by atoms with Gasteiger partial charge in [-0.25, -0.2) is 9.88 Å². The van der Waals surface area contributed by atoms with Crippen LogP contribution in [0.3, 0.4) is 0 Å². The third kappa shape index (κ3) is 6.07. The first-order valence-corrected chi connectivity index (χ1v) is 14.7. The molecule has 0 bridgehead atoms. The Hall–Kier alpha value is -3.48. The van der Waals surface area contributed by atoms with Gasteiger partial charge in [0.15, 0.2) is 0 Å². The van der Waals surface area contributed by atoms with Crippen LogP contribution in [0.5, 0.6) is 0 Å². The third-order valence-corrected chi connectivity index (χ3v) is 8.57. The van der Waals surface area contributed by atoms with Crippen molar-refractivity contribution in [2.24, 2.45) is 0 Å². The summed E-state index contributed by atoms with van der Waals surface area (Å²) in [7, 11) is 0. The zero-order valence-corrected chi connectivity index (χ0v) is 23.7. The Morgan fingerprint density at radius 3 is 2.56 bits per heavy atom. The summed E-state index contributed by atoms with van der Waals surface area (Å²) in [5.74, 6) is -1.04. The Kier molecular flexibility index (Phi) is 8.44. The number of halogens is 1. The predicted molar refractivity (Wildman–Crippen MR) is 153 cm³/mol. The van der Waals surface area contributed by atoms with Crippen molar-refractivity contribution in [1.29, 1.82) is 5.26 Å². The van der Waals surface area contributed by atoms with Gasteiger partial charge < -0.3 is 4.90 Å². The average Bonchev–Trinajstić information content (AvgIpc) is 3.09. The number of carbonyl (C=O) groups is 3. The zero-order valence-electron chi connectivity index (χ0n) is 21.3. The number of aromatic nitrogens is 1. The summed E-state index contributed by atoms with van der Waals surface area (Å²) in [6.45, 7) is 0.195. The summed E-state index contributed by atoms with van der Waals surface area (Å²) in [4.78, 5) is 47.7. The van der Waals surface area contributed by atoms with Crippen molar-refractivity contribution >= 4 is 51.1 Å². The maximum atomic E-state index is 13.7. The molecule has 0 saturated carbocycles. The molecule has 9 heteroatoms. The molecule has 1 fully saturated rings. The number of imide groups is 1. The highest BCUT2D eigenvalue weighted by molar-refractivity contribution is 9.10. The van der Waals surface area contributed by atoms with Crippen molar-refractivity contribution in [2.75, 3.05) is 10.7 Å². The van der Waals surface area contributed by atoms with Gasteiger partial charge in [-0.3, -0.25) is 14.4 Å². The predicted octanol–water partition coefficient (Wildman–Crippen LogP) is 5.44. The van der Waals surface area contributed by atoms with Gasteiger partial charge in [-0.2, -0.15) is 5.26 Å². The molecule has 3 amide bonds. The summed E-state index contributed by atoms with van der Waals surface area (Å²) < 4.78 is 0.836. The molecule has 7 nitrogen and oxygen atoms in total. The van der Waals surface area contributed by atoms with Crippen LogP contribution in [-0.4, -0.2) is 39.4 Å². The van der Waals surface area contributed by atoms with Crippen molar-refractivity contribution in [3.8, 4) is 6.07 Å². The number of amides is 3. The van der Waals surface area contributed by atoms with E-state index in [4.69, 9.17) is 4.98 Å². The maximum Gasteiger partial charge on any atom is 0.257 e. The summed E-state index contributed by atoms with van der Waals surface area (Å²) in [6, 6.07) is 19.6. The van der Waals surface area contributed by atoms with Gasteiger partial charge in [-0.1, -0.05) is 64.4 Å². The van der Waals surface area contributed by atoms with Crippen LogP contribution in [0.15, 0.2) is 70.2 Å².